The molecule has 0 spiro atoms. The van der Waals surface area contributed by atoms with Crippen molar-refractivity contribution < 1.29 is 4.39 Å². The molecule has 2 unspecified atom stereocenters. The first-order valence-corrected chi connectivity index (χ1v) is 5.46. The summed E-state index contributed by atoms with van der Waals surface area (Å²) >= 11 is 0. The molecule has 0 bridgehead atoms. The molecule has 1 aromatic carbocycles. The minimum atomic E-state index is -0.356. The third-order valence-corrected chi connectivity index (χ3v) is 3.45. The van der Waals surface area contributed by atoms with E-state index in [0.717, 1.165) is 18.8 Å². The van der Waals surface area contributed by atoms with Crippen LogP contribution < -0.4 is 10.6 Å². The highest BCUT2D eigenvalue weighted by Crippen LogP contribution is 2.43. The summed E-state index contributed by atoms with van der Waals surface area (Å²) in [5, 5.41) is 15.4. The third-order valence-electron chi connectivity index (χ3n) is 3.45. The van der Waals surface area contributed by atoms with E-state index in [4.69, 9.17) is 5.26 Å². The lowest BCUT2D eigenvalue weighted by Crippen LogP contribution is -2.21. The predicted octanol–water partition coefficient (Wildman–Crippen LogP) is 1.33. The van der Waals surface area contributed by atoms with E-state index in [1.54, 1.807) is 6.07 Å². The molecule has 1 aliphatic carbocycles. The minimum Gasteiger partial charge on any atom is -0.382 e. The van der Waals surface area contributed by atoms with Crippen LogP contribution in [0.1, 0.15) is 5.56 Å². The van der Waals surface area contributed by atoms with Gasteiger partial charge in [0, 0.05) is 24.8 Å². The Kier molecular flexibility index (Phi) is 2.08. The van der Waals surface area contributed by atoms with E-state index in [1.807, 2.05) is 6.07 Å². The number of benzene rings is 1. The summed E-state index contributed by atoms with van der Waals surface area (Å²) in [6.45, 7) is 2.09. The van der Waals surface area contributed by atoms with Crippen molar-refractivity contribution in [2.45, 2.75) is 6.04 Å². The van der Waals surface area contributed by atoms with Crippen molar-refractivity contribution in [1.82, 2.24) is 5.32 Å². The Bertz CT molecular complexity index is 456. The first-order valence-electron chi connectivity index (χ1n) is 5.46. The summed E-state index contributed by atoms with van der Waals surface area (Å²) in [6, 6.07) is 6.81. The van der Waals surface area contributed by atoms with Crippen molar-refractivity contribution in [3.8, 4) is 6.07 Å². The molecular weight excluding hydrogens is 205 g/mol. The van der Waals surface area contributed by atoms with Gasteiger partial charge in [-0.05, 0) is 30.0 Å². The minimum absolute atomic E-state index is 0.356. The summed E-state index contributed by atoms with van der Waals surface area (Å²) in [5.41, 5.74) is 1.09. The van der Waals surface area contributed by atoms with E-state index in [-0.39, 0.29) is 5.82 Å². The highest BCUT2D eigenvalue weighted by atomic mass is 19.1. The van der Waals surface area contributed by atoms with Gasteiger partial charge >= 0.3 is 0 Å². The number of nitrogens with one attached hydrogen (secondary N) is 2. The lowest BCUT2D eigenvalue weighted by Gasteiger charge is -2.09. The highest BCUT2D eigenvalue weighted by molar-refractivity contribution is 5.51. The molecule has 0 aromatic heterocycles. The third kappa shape index (κ3) is 1.54. The number of nitrogens with zero attached hydrogens (tertiary/aromatic N) is 1. The molecule has 3 rings (SSSR count). The first-order chi connectivity index (χ1) is 7.78. The molecule has 1 heterocycles. The van der Waals surface area contributed by atoms with Crippen LogP contribution in [0.4, 0.5) is 10.1 Å². The maximum absolute atomic E-state index is 13.2. The van der Waals surface area contributed by atoms with Gasteiger partial charge < -0.3 is 10.6 Å². The van der Waals surface area contributed by atoms with Crippen molar-refractivity contribution in [3.05, 3.63) is 29.6 Å². The van der Waals surface area contributed by atoms with Crippen molar-refractivity contribution in [1.29, 1.82) is 5.26 Å². The fraction of sp³-hybridized carbons (Fsp3) is 0.417. The number of halogens is 1. The summed E-state index contributed by atoms with van der Waals surface area (Å²) in [5.74, 6) is 0.994. The van der Waals surface area contributed by atoms with Crippen molar-refractivity contribution in [3.63, 3.8) is 0 Å². The maximum Gasteiger partial charge on any atom is 0.126 e. The second-order valence-corrected chi connectivity index (χ2v) is 4.50. The molecule has 2 fully saturated rings. The molecule has 0 radical (unpaired) electrons. The Morgan fingerprint density at radius 2 is 2.06 bits per heavy atom. The Morgan fingerprint density at radius 1 is 1.31 bits per heavy atom. The SMILES string of the molecule is N#Cc1cc(F)cc(NC2C3CNCC32)c1. The Morgan fingerprint density at radius 3 is 2.75 bits per heavy atom. The number of nitriles is 1. The summed E-state index contributed by atoms with van der Waals surface area (Å²) in [4.78, 5) is 0. The van der Waals surface area contributed by atoms with Crippen molar-refractivity contribution in [2.75, 3.05) is 18.4 Å². The van der Waals surface area contributed by atoms with E-state index in [2.05, 4.69) is 10.6 Å². The smallest absolute Gasteiger partial charge is 0.126 e. The van der Waals surface area contributed by atoms with Crippen LogP contribution in [0, 0.1) is 29.0 Å². The molecule has 1 saturated carbocycles. The molecule has 2 aliphatic rings. The van der Waals surface area contributed by atoms with E-state index in [1.165, 1.54) is 12.1 Å². The van der Waals surface area contributed by atoms with Crippen LogP contribution in [0.15, 0.2) is 18.2 Å². The molecule has 1 saturated heterocycles. The zero-order valence-corrected chi connectivity index (χ0v) is 8.70. The topological polar surface area (TPSA) is 47.9 Å². The molecule has 2 atom stereocenters. The number of rotatable bonds is 2. The normalized spacial score (nSPS) is 30.6. The van der Waals surface area contributed by atoms with Gasteiger partial charge in [-0.2, -0.15) is 5.26 Å². The second kappa shape index (κ2) is 3.46. The Balaban J connectivity index is 1.75. The number of hydrogen-bond acceptors (Lipinski definition) is 3. The fourth-order valence-electron chi connectivity index (χ4n) is 2.56. The monoisotopic (exact) mass is 217 g/mol. The van der Waals surface area contributed by atoms with Gasteiger partial charge in [0.05, 0.1) is 11.6 Å². The lowest BCUT2D eigenvalue weighted by molar-refractivity contribution is 0.627. The molecule has 3 nitrogen and oxygen atoms in total. The lowest BCUT2D eigenvalue weighted by atomic mass is 10.2. The average molecular weight is 217 g/mol. The summed E-state index contributed by atoms with van der Waals surface area (Å²) < 4.78 is 13.2. The van der Waals surface area contributed by atoms with Crippen LogP contribution in [-0.4, -0.2) is 19.1 Å². The van der Waals surface area contributed by atoms with Crippen molar-refractivity contribution in [2.24, 2.45) is 11.8 Å². The molecule has 2 N–H and O–H groups in total. The molecular formula is C12H12FN3. The molecule has 1 aromatic rings. The van der Waals surface area contributed by atoms with E-state index in [9.17, 15) is 4.39 Å². The zero-order valence-electron chi connectivity index (χ0n) is 8.70. The van der Waals surface area contributed by atoms with Gasteiger partial charge in [-0.3, -0.25) is 0 Å². The Labute approximate surface area is 93.3 Å². The van der Waals surface area contributed by atoms with Crippen LogP contribution in [0.5, 0.6) is 0 Å². The first kappa shape index (κ1) is 9.61. The molecule has 4 heteroatoms. The quantitative estimate of drug-likeness (QED) is 0.785. The number of piperidine rings is 1. The van der Waals surface area contributed by atoms with Gasteiger partial charge in [-0.25, -0.2) is 4.39 Å². The van der Waals surface area contributed by atoms with Crippen LogP contribution in [0.2, 0.25) is 0 Å². The van der Waals surface area contributed by atoms with E-state index >= 15 is 0 Å². The van der Waals surface area contributed by atoms with Gasteiger partial charge in [-0.1, -0.05) is 0 Å². The maximum atomic E-state index is 13.2. The molecule has 1 aliphatic heterocycles. The van der Waals surface area contributed by atoms with Crippen LogP contribution in [0.25, 0.3) is 0 Å². The predicted molar refractivity (Wildman–Crippen MR) is 58.4 cm³/mol. The van der Waals surface area contributed by atoms with Gasteiger partial charge in [0.1, 0.15) is 5.82 Å². The van der Waals surface area contributed by atoms with Crippen LogP contribution in [0.3, 0.4) is 0 Å². The average Bonchev–Trinajstić information content (AvgIpc) is 2.74. The Hall–Kier alpha value is -1.60. The van der Waals surface area contributed by atoms with Gasteiger partial charge in [0.25, 0.3) is 0 Å². The van der Waals surface area contributed by atoms with Gasteiger partial charge in [-0.15, -0.1) is 0 Å². The highest BCUT2D eigenvalue weighted by Gasteiger charge is 2.52. The van der Waals surface area contributed by atoms with Crippen LogP contribution in [-0.2, 0) is 0 Å². The van der Waals surface area contributed by atoms with Crippen LogP contribution >= 0.6 is 0 Å². The molecule has 82 valence electrons. The largest absolute Gasteiger partial charge is 0.382 e. The summed E-state index contributed by atoms with van der Waals surface area (Å²) in [7, 11) is 0. The van der Waals surface area contributed by atoms with Gasteiger partial charge in [0.15, 0.2) is 0 Å². The molecule has 0 amide bonds. The van der Waals surface area contributed by atoms with E-state index < -0.39 is 0 Å². The standard InChI is InChI=1S/C12H12FN3/c13-8-1-7(4-14)2-9(3-8)16-12-10-5-15-6-11(10)12/h1-3,10-12,15-16H,5-6H2. The molecule has 16 heavy (non-hydrogen) atoms. The van der Waals surface area contributed by atoms with E-state index in [0.29, 0.717) is 23.4 Å². The zero-order chi connectivity index (χ0) is 11.1. The number of hydrogen-bond donors (Lipinski definition) is 2. The van der Waals surface area contributed by atoms with Crippen molar-refractivity contribution >= 4 is 5.69 Å². The second-order valence-electron chi connectivity index (χ2n) is 4.50. The number of anilines is 1. The fourth-order valence-corrected chi connectivity index (χ4v) is 2.56. The van der Waals surface area contributed by atoms with Gasteiger partial charge in [0.2, 0.25) is 0 Å². The summed E-state index contributed by atoms with van der Waals surface area (Å²) in [6.07, 6.45) is 0. The number of fused-ring (bicyclic) bond motifs is 1.